The summed E-state index contributed by atoms with van der Waals surface area (Å²) in [6, 6.07) is 9.79. The molecule has 4 heteroatoms. The lowest BCUT2D eigenvalue weighted by atomic mass is 10.0. The molecule has 4 nitrogen and oxygen atoms in total. The fourth-order valence-electron chi connectivity index (χ4n) is 3.41. The molecule has 1 amide bonds. The number of methoxy groups -OCH3 is 1. The van der Waals surface area contributed by atoms with Gasteiger partial charge in [0.25, 0.3) is 0 Å². The van der Waals surface area contributed by atoms with Crippen LogP contribution in [0.3, 0.4) is 0 Å². The van der Waals surface area contributed by atoms with Crippen molar-refractivity contribution in [3.05, 3.63) is 35.9 Å². The Morgan fingerprint density at radius 2 is 1.81 bits per heavy atom. The van der Waals surface area contributed by atoms with Gasteiger partial charge in [0.1, 0.15) is 6.54 Å². The van der Waals surface area contributed by atoms with E-state index in [2.05, 4.69) is 0 Å². The minimum Gasteiger partial charge on any atom is -0.468 e. The van der Waals surface area contributed by atoms with Gasteiger partial charge in [0.05, 0.1) is 7.11 Å². The molecule has 0 radical (unpaired) electrons. The highest BCUT2D eigenvalue weighted by Crippen LogP contribution is 2.54. The van der Waals surface area contributed by atoms with Crippen molar-refractivity contribution >= 4 is 11.9 Å². The maximum atomic E-state index is 12.7. The van der Waals surface area contributed by atoms with Gasteiger partial charge in [0.15, 0.2) is 0 Å². The molecule has 112 valence electrons. The summed E-state index contributed by atoms with van der Waals surface area (Å²) in [7, 11) is 1.36. The zero-order valence-electron chi connectivity index (χ0n) is 12.3. The number of rotatable bonds is 5. The van der Waals surface area contributed by atoms with Crippen molar-refractivity contribution in [3.8, 4) is 0 Å². The second kappa shape index (κ2) is 5.88. The maximum Gasteiger partial charge on any atom is 0.325 e. The first kappa shape index (κ1) is 14.1. The van der Waals surface area contributed by atoms with E-state index in [1.165, 1.54) is 13.5 Å². The standard InChI is InChI=1S/C17H21NO3/c1-21-16(19)11-18(10-12-5-3-2-4-6-12)17(20)15-8-13-7-14(13)9-15/h2-6,13-15H,7-11H2,1H3. The predicted molar refractivity (Wildman–Crippen MR) is 78.2 cm³/mol. The van der Waals surface area contributed by atoms with Crippen LogP contribution in [0.2, 0.25) is 0 Å². The maximum absolute atomic E-state index is 12.7. The first-order valence-corrected chi connectivity index (χ1v) is 7.57. The SMILES string of the molecule is COC(=O)CN(Cc1ccccc1)C(=O)C1CC2CC2C1. The van der Waals surface area contributed by atoms with E-state index in [4.69, 9.17) is 4.74 Å². The Balaban J connectivity index is 1.68. The number of carbonyl (C=O) groups excluding carboxylic acids is 2. The highest BCUT2D eigenvalue weighted by Gasteiger charge is 2.48. The number of amides is 1. The Bertz CT molecular complexity index is 518. The lowest BCUT2D eigenvalue weighted by Crippen LogP contribution is -2.39. The Morgan fingerprint density at radius 3 is 2.43 bits per heavy atom. The predicted octanol–water partition coefficient (Wildman–Crippen LogP) is 2.23. The Labute approximate surface area is 125 Å². The molecule has 0 bridgehead atoms. The number of hydrogen-bond acceptors (Lipinski definition) is 3. The van der Waals surface area contributed by atoms with Crippen LogP contribution < -0.4 is 0 Å². The summed E-state index contributed by atoms with van der Waals surface area (Å²) in [6.07, 6.45) is 3.28. The summed E-state index contributed by atoms with van der Waals surface area (Å²) in [5, 5.41) is 0. The van der Waals surface area contributed by atoms with E-state index >= 15 is 0 Å². The Hall–Kier alpha value is -1.84. The molecule has 3 rings (SSSR count). The molecule has 2 aliphatic carbocycles. The van der Waals surface area contributed by atoms with Crippen LogP contribution in [0.1, 0.15) is 24.8 Å². The molecule has 1 aromatic carbocycles. The van der Waals surface area contributed by atoms with Gasteiger partial charge in [-0.15, -0.1) is 0 Å². The number of hydrogen-bond donors (Lipinski definition) is 0. The van der Waals surface area contributed by atoms with E-state index in [-0.39, 0.29) is 24.3 Å². The average molecular weight is 287 g/mol. The molecule has 21 heavy (non-hydrogen) atoms. The number of fused-ring (bicyclic) bond motifs is 1. The second-order valence-corrected chi connectivity index (χ2v) is 6.18. The van der Waals surface area contributed by atoms with Crippen molar-refractivity contribution < 1.29 is 14.3 Å². The lowest BCUT2D eigenvalue weighted by molar-refractivity contribution is -0.149. The zero-order valence-corrected chi connectivity index (χ0v) is 12.3. The Kier molecular flexibility index (Phi) is 3.95. The van der Waals surface area contributed by atoms with Gasteiger partial charge in [0.2, 0.25) is 5.91 Å². The molecule has 2 unspecified atom stereocenters. The quantitative estimate of drug-likeness (QED) is 0.780. The number of benzene rings is 1. The Morgan fingerprint density at radius 1 is 1.14 bits per heavy atom. The van der Waals surface area contributed by atoms with Gasteiger partial charge < -0.3 is 9.64 Å². The average Bonchev–Trinajstić information content (AvgIpc) is 3.12. The van der Waals surface area contributed by atoms with Crippen LogP contribution in [0.15, 0.2) is 30.3 Å². The van der Waals surface area contributed by atoms with Gasteiger partial charge in [-0.2, -0.15) is 0 Å². The molecule has 0 aliphatic heterocycles. The third-order valence-corrected chi connectivity index (χ3v) is 4.67. The van der Waals surface area contributed by atoms with E-state index in [0.717, 1.165) is 30.2 Å². The fraction of sp³-hybridized carbons (Fsp3) is 0.529. The van der Waals surface area contributed by atoms with Crippen molar-refractivity contribution in [2.24, 2.45) is 17.8 Å². The van der Waals surface area contributed by atoms with E-state index in [9.17, 15) is 9.59 Å². The smallest absolute Gasteiger partial charge is 0.325 e. The zero-order chi connectivity index (χ0) is 14.8. The molecule has 0 saturated heterocycles. The van der Waals surface area contributed by atoms with Crippen LogP contribution in [-0.4, -0.2) is 30.4 Å². The molecule has 1 aromatic rings. The molecule has 2 fully saturated rings. The summed E-state index contributed by atoms with van der Waals surface area (Å²) in [5.41, 5.74) is 1.04. The van der Waals surface area contributed by atoms with Crippen LogP contribution in [-0.2, 0) is 20.9 Å². The highest BCUT2D eigenvalue weighted by atomic mass is 16.5. The van der Waals surface area contributed by atoms with E-state index in [1.807, 2.05) is 30.3 Å². The van der Waals surface area contributed by atoms with Gasteiger partial charge in [-0.3, -0.25) is 9.59 Å². The summed E-state index contributed by atoms with van der Waals surface area (Å²) in [6.45, 7) is 0.511. The molecule has 0 N–H and O–H groups in total. The fourth-order valence-corrected chi connectivity index (χ4v) is 3.41. The summed E-state index contributed by atoms with van der Waals surface area (Å²) < 4.78 is 4.73. The summed E-state index contributed by atoms with van der Waals surface area (Å²) in [4.78, 5) is 25.9. The number of esters is 1. The van der Waals surface area contributed by atoms with E-state index in [0.29, 0.717) is 6.54 Å². The van der Waals surface area contributed by atoms with Crippen molar-refractivity contribution in [1.29, 1.82) is 0 Å². The van der Waals surface area contributed by atoms with E-state index < -0.39 is 0 Å². The van der Waals surface area contributed by atoms with Crippen molar-refractivity contribution in [1.82, 2.24) is 4.90 Å². The van der Waals surface area contributed by atoms with Crippen LogP contribution in [0.25, 0.3) is 0 Å². The number of nitrogens with zero attached hydrogens (tertiary/aromatic N) is 1. The van der Waals surface area contributed by atoms with Crippen molar-refractivity contribution in [3.63, 3.8) is 0 Å². The highest BCUT2D eigenvalue weighted by molar-refractivity contribution is 5.84. The normalized spacial score (nSPS) is 26.0. The first-order chi connectivity index (χ1) is 10.2. The third-order valence-electron chi connectivity index (χ3n) is 4.67. The molecule has 0 heterocycles. The minimum atomic E-state index is -0.359. The van der Waals surface area contributed by atoms with Gasteiger partial charge in [-0.05, 0) is 36.7 Å². The molecular weight excluding hydrogens is 266 g/mol. The van der Waals surface area contributed by atoms with Gasteiger partial charge in [-0.1, -0.05) is 30.3 Å². The van der Waals surface area contributed by atoms with Gasteiger partial charge in [-0.25, -0.2) is 0 Å². The molecular formula is C17H21NO3. The molecule has 2 atom stereocenters. The van der Waals surface area contributed by atoms with Crippen LogP contribution in [0.4, 0.5) is 0 Å². The van der Waals surface area contributed by atoms with Crippen molar-refractivity contribution in [2.75, 3.05) is 13.7 Å². The molecule has 2 aliphatic rings. The molecule has 2 saturated carbocycles. The largest absolute Gasteiger partial charge is 0.468 e. The number of carbonyl (C=O) groups is 2. The topological polar surface area (TPSA) is 46.6 Å². The summed E-state index contributed by atoms with van der Waals surface area (Å²) >= 11 is 0. The second-order valence-electron chi connectivity index (χ2n) is 6.18. The lowest BCUT2D eigenvalue weighted by Gasteiger charge is -2.25. The van der Waals surface area contributed by atoms with Crippen LogP contribution in [0, 0.1) is 17.8 Å². The minimum absolute atomic E-state index is 0.0378. The number of ether oxygens (including phenoxy) is 1. The van der Waals surface area contributed by atoms with Crippen LogP contribution >= 0.6 is 0 Å². The van der Waals surface area contributed by atoms with Crippen LogP contribution in [0.5, 0.6) is 0 Å². The molecule has 0 aromatic heterocycles. The van der Waals surface area contributed by atoms with Gasteiger partial charge >= 0.3 is 5.97 Å². The van der Waals surface area contributed by atoms with E-state index in [1.54, 1.807) is 4.90 Å². The summed E-state index contributed by atoms with van der Waals surface area (Å²) in [5.74, 6) is 1.37. The van der Waals surface area contributed by atoms with Gasteiger partial charge in [0, 0.05) is 12.5 Å². The van der Waals surface area contributed by atoms with Crippen molar-refractivity contribution in [2.45, 2.75) is 25.8 Å². The monoisotopic (exact) mass is 287 g/mol. The third kappa shape index (κ3) is 3.26. The first-order valence-electron chi connectivity index (χ1n) is 7.57. The molecule has 0 spiro atoms.